The monoisotopic (exact) mass is 320 g/mol. The number of pyridine rings is 1. The Hall–Kier alpha value is -2.90. The molecule has 0 saturated heterocycles. The topological polar surface area (TPSA) is 73.9 Å². The summed E-state index contributed by atoms with van der Waals surface area (Å²) in [5.41, 5.74) is 5.29. The van der Waals surface area contributed by atoms with Crippen LogP contribution in [0.25, 0.3) is 10.9 Å². The van der Waals surface area contributed by atoms with Crippen molar-refractivity contribution in [2.45, 2.75) is 5.92 Å². The SMILES string of the molecule is COc1ccc2c(N)nc(C(F)(F)c3ccc(F)cn3)nc2c1. The van der Waals surface area contributed by atoms with Crippen molar-refractivity contribution in [2.24, 2.45) is 0 Å². The number of rotatable bonds is 3. The molecule has 118 valence electrons. The summed E-state index contributed by atoms with van der Waals surface area (Å²) in [7, 11) is 1.45. The number of alkyl halides is 2. The molecule has 2 N–H and O–H groups in total. The summed E-state index contributed by atoms with van der Waals surface area (Å²) in [6, 6.07) is 6.46. The summed E-state index contributed by atoms with van der Waals surface area (Å²) in [6.07, 6.45) is 0.705. The van der Waals surface area contributed by atoms with Gasteiger partial charge in [0.1, 0.15) is 23.1 Å². The zero-order valence-electron chi connectivity index (χ0n) is 11.9. The van der Waals surface area contributed by atoms with Crippen LogP contribution in [0.2, 0.25) is 0 Å². The average molecular weight is 320 g/mol. The lowest BCUT2D eigenvalue weighted by atomic mass is 10.1. The zero-order valence-corrected chi connectivity index (χ0v) is 11.9. The second-order valence-corrected chi connectivity index (χ2v) is 4.75. The van der Waals surface area contributed by atoms with Gasteiger partial charge < -0.3 is 10.5 Å². The van der Waals surface area contributed by atoms with E-state index < -0.39 is 23.3 Å². The first-order chi connectivity index (χ1) is 10.9. The molecule has 0 atom stereocenters. The van der Waals surface area contributed by atoms with Crippen LogP contribution in [0.4, 0.5) is 19.0 Å². The van der Waals surface area contributed by atoms with Crippen molar-refractivity contribution in [1.82, 2.24) is 15.0 Å². The van der Waals surface area contributed by atoms with Gasteiger partial charge in [-0.15, -0.1) is 0 Å². The van der Waals surface area contributed by atoms with E-state index >= 15 is 0 Å². The number of ether oxygens (including phenoxy) is 1. The Morgan fingerprint density at radius 2 is 1.91 bits per heavy atom. The first kappa shape index (κ1) is 15.0. The van der Waals surface area contributed by atoms with E-state index in [1.807, 2.05) is 0 Å². The van der Waals surface area contributed by atoms with Crippen molar-refractivity contribution in [3.05, 3.63) is 53.9 Å². The lowest BCUT2D eigenvalue weighted by Crippen LogP contribution is -2.21. The van der Waals surface area contributed by atoms with E-state index in [1.165, 1.54) is 13.2 Å². The minimum absolute atomic E-state index is 0.0885. The Morgan fingerprint density at radius 3 is 2.57 bits per heavy atom. The molecule has 0 fully saturated rings. The normalized spacial score (nSPS) is 11.7. The summed E-state index contributed by atoms with van der Waals surface area (Å²) in [6.45, 7) is 0. The average Bonchev–Trinajstić information content (AvgIpc) is 2.54. The van der Waals surface area contributed by atoms with Crippen LogP contribution in [0.1, 0.15) is 11.5 Å². The van der Waals surface area contributed by atoms with E-state index in [1.54, 1.807) is 12.1 Å². The number of halogens is 3. The van der Waals surface area contributed by atoms with Crippen LogP contribution < -0.4 is 10.5 Å². The van der Waals surface area contributed by atoms with Crippen LogP contribution in [-0.2, 0) is 5.92 Å². The predicted octanol–water partition coefficient (Wildman–Crippen LogP) is 2.89. The van der Waals surface area contributed by atoms with Crippen molar-refractivity contribution in [2.75, 3.05) is 12.8 Å². The maximum absolute atomic E-state index is 14.5. The molecule has 2 heterocycles. The zero-order chi connectivity index (χ0) is 16.6. The molecular formula is C15H11F3N4O. The van der Waals surface area contributed by atoms with Crippen LogP contribution in [0.5, 0.6) is 5.75 Å². The third-order valence-electron chi connectivity index (χ3n) is 3.26. The third-order valence-corrected chi connectivity index (χ3v) is 3.26. The molecule has 0 radical (unpaired) electrons. The Kier molecular flexibility index (Phi) is 3.51. The van der Waals surface area contributed by atoms with Crippen molar-refractivity contribution in [3.8, 4) is 5.75 Å². The van der Waals surface area contributed by atoms with Crippen LogP contribution in [-0.4, -0.2) is 22.1 Å². The lowest BCUT2D eigenvalue weighted by Gasteiger charge is -2.15. The van der Waals surface area contributed by atoms with Gasteiger partial charge in [-0.2, -0.15) is 8.78 Å². The van der Waals surface area contributed by atoms with Crippen molar-refractivity contribution in [3.63, 3.8) is 0 Å². The van der Waals surface area contributed by atoms with E-state index in [2.05, 4.69) is 15.0 Å². The van der Waals surface area contributed by atoms with Gasteiger partial charge in [0, 0.05) is 11.5 Å². The van der Waals surface area contributed by atoms with Gasteiger partial charge in [-0.05, 0) is 24.3 Å². The van der Waals surface area contributed by atoms with Gasteiger partial charge in [-0.1, -0.05) is 0 Å². The molecule has 0 unspecified atom stereocenters. The molecule has 0 saturated carbocycles. The number of methoxy groups -OCH3 is 1. The molecule has 2 aromatic heterocycles. The van der Waals surface area contributed by atoms with Gasteiger partial charge in [0.2, 0.25) is 5.82 Å². The van der Waals surface area contributed by atoms with E-state index in [4.69, 9.17) is 10.5 Å². The fourth-order valence-electron chi connectivity index (χ4n) is 2.08. The van der Waals surface area contributed by atoms with E-state index in [9.17, 15) is 13.2 Å². The molecule has 0 bridgehead atoms. The van der Waals surface area contributed by atoms with Crippen molar-refractivity contribution >= 4 is 16.7 Å². The number of nitrogen functional groups attached to an aromatic ring is 1. The Morgan fingerprint density at radius 1 is 1.13 bits per heavy atom. The van der Waals surface area contributed by atoms with Crippen LogP contribution >= 0.6 is 0 Å². The summed E-state index contributed by atoms with van der Waals surface area (Å²) < 4.78 is 46.9. The number of nitrogens with zero attached hydrogens (tertiary/aromatic N) is 3. The van der Waals surface area contributed by atoms with E-state index in [-0.39, 0.29) is 11.3 Å². The standard InChI is InChI=1S/C15H11F3N4O/c1-23-9-3-4-10-11(6-9)21-14(22-13(10)19)15(17,18)12-5-2-8(16)7-20-12/h2-7H,1H3,(H2,19,21,22). The Bertz CT molecular complexity index is 868. The number of aromatic nitrogens is 3. The van der Waals surface area contributed by atoms with Gasteiger partial charge in [0.15, 0.2) is 0 Å². The first-order valence-corrected chi connectivity index (χ1v) is 6.53. The van der Waals surface area contributed by atoms with Gasteiger partial charge in [-0.25, -0.2) is 14.4 Å². The molecule has 0 aliphatic carbocycles. The van der Waals surface area contributed by atoms with E-state index in [0.29, 0.717) is 17.3 Å². The van der Waals surface area contributed by atoms with Crippen LogP contribution in [0.15, 0.2) is 36.5 Å². The number of anilines is 1. The first-order valence-electron chi connectivity index (χ1n) is 6.53. The highest BCUT2D eigenvalue weighted by Crippen LogP contribution is 2.34. The number of nitrogens with two attached hydrogens (primary N) is 1. The lowest BCUT2D eigenvalue weighted by molar-refractivity contribution is 0.0285. The molecule has 0 aliphatic rings. The molecule has 3 rings (SSSR count). The van der Waals surface area contributed by atoms with Gasteiger partial charge >= 0.3 is 5.92 Å². The molecule has 5 nitrogen and oxygen atoms in total. The predicted molar refractivity (Wildman–Crippen MR) is 77.7 cm³/mol. The summed E-state index contributed by atoms with van der Waals surface area (Å²) in [5, 5.41) is 0.428. The summed E-state index contributed by atoms with van der Waals surface area (Å²) in [5.74, 6) is -4.78. The van der Waals surface area contributed by atoms with Crippen LogP contribution in [0.3, 0.4) is 0 Å². The fourth-order valence-corrected chi connectivity index (χ4v) is 2.08. The molecule has 3 aromatic rings. The maximum Gasteiger partial charge on any atom is 0.348 e. The third kappa shape index (κ3) is 2.63. The van der Waals surface area contributed by atoms with Crippen LogP contribution in [0, 0.1) is 5.82 Å². The Labute approximate surface area is 129 Å². The molecule has 23 heavy (non-hydrogen) atoms. The number of hydrogen-bond donors (Lipinski definition) is 1. The highest BCUT2D eigenvalue weighted by Gasteiger charge is 2.39. The highest BCUT2D eigenvalue weighted by atomic mass is 19.3. The maximum atomic E-state index is 14.5. The molecule has 0 spiro atoms. The number of hydrogen-bond acceptors (Lipinski definition) is 5. The van der Waals surface area contributed by atoms with Gasteiger partial charge in [0.25, 0.3) is 0 Å². The summed E-state index contributed by atoms with van der Waals surface area (Å²) >= 11 is 0. The fraction of sp³-hybridized carbons (Fsp3) is 0.133. The van der Waals surface area contributed by atoms with Gasteiger partial charge in [0.05, 0.1) is 18.8 Å². The smallest absolute Gasteiger partial charge is 0.348 e. The Balaban J connectivity index is 2.16. The minimum Gasteiger partial charge on any atom is -0.497 e. The molecular weight excluding hydrogens is 309 g/mol. The minimum atomic E-state index is -3.61. The second kappa shape index (κ2) is 5.38. The van der Waals surface area contributed by atoms with E-state index in [0.717, 1.165) is 12.1 Å². The van der Waals surface area contributed by atoms with Crippen molar-refractivity contribution in [1.29, 1.82) is 0 Å². The summed E-state index contributed by atoms with van der Waals surface area (Å²) in [4.78, 5) is 10.9. The quantitative estimate of drug-likeness (QED) is 0.803. The number of fused-ring (bicyclic) bond motifs is 1. The highest BCUT2D eigenvalue weighted by molar-refractivity contribution is 5.89. The number of benzene rings is 1. The molecule has 1 aromatic carbocycles. The largest absolute Gasteiger partial charge is 0.497 e. The molecule has 0 amide bonds. The van der Waals surface area contributed by atoms with Crippen molar-refractivity contribution < 1.29 is 17.9 Å². The molecule has 8 heteroatoms. The molecule has 0 aliphatic heterocycles. The second-order valence-electron chi connectivity index (χ2n) is 4.75. The van der Waals surface area contributed by atoms with Gasteiger partial charge in [-0.3, -0.25) is 4.98 Å².